The number of ether oxygens (including phenoxy) is 2. The number of piperidine rings is 1. The number of carbonyl (C=O) groups is 1. The Balaban J connectivity index is 1.73. The molecule has 12 heteroatoms. The van der Waals surface area contributed by atoms with Crippen molar-refractivity contribution in [1.82, 2.24) is 4.90 Å². The van der Waals surface area contributed by atoms with Gasteiger partial charge in [-0.2, -0.15) is 26.3 Å². The molecule has 246 valence electrons. The number of halogens is 6. The summed E-state index contributed by atoms with van der Waals surface area (Å²) in [6.45, 7) is 8.70. The van der Waals surface area contributed by atoms with Gasteiger partial charge in [0.25, 0.3) is 0 Å². The summed E-state index contributed by atoms with van der Waals surface area (Å²) in [6, 6.07) is 18.9. The van der Waals surface area contributed by atoms with Crippen LogP contribution in [0.1, 0.15) is 66.5 Å². The molecule has 46 heavy (non-hydrogen) atoms. The van der Waals surface area contributed by atoms with E-state index in [1.54, 1.807) is 54.6 Å². The summed E-state index contributed by atoms with van der Waals surface area (Å²) in [5.41, 5.74) is -4.28. The van der Waals surface area contributed by atoms with E-state index < -0.39 is 46.8 Å². The second-order valence-corrected chi connectivity index (χ2v) is 11.5. The van der Waals surface area contributed by atoms with E-state index in [2.05, 4.69) is 4.85 Å². The molecule has 0 radical (unpaired) electrons. The smallest absolute Gasteiger partial charge is 0.416 e. The Morgan fingerprint density at radius 1 is 0.957 bits per heavy atom. The van der Waals surface area contributed by atoms with Gasteiger partial charge in [0.05, 0.1) is 29.4 Å². The van der Waals surface area contributed by atoms with Gasteiger partial charge in [-0.1, -0.05) is 60.7 Å². The maximum absolute atomic E-state index is 13.9. The van der Waals surface area contributed by atoms with Crippen molar-refractivity contribution in [2.45, 2.75) is 68.7 Å². The lowest BCUT2D eigenvalue weighted by Gasteiger charge is -2.49. The quantitative estimate of drug-likeness (QED) is 0.177. The molecule has 1 aliphatic heterocycles. The molecule has 6 nitrogen and oxygen atoms in total. The lowest BCUT2D eigenvalue weighted by Crippen LogP contribution is -2.61. The van der Waals surface area contributed by atoms with Crippen LogP contribution in [0, 0.1) is 6.57 Å². The first-order valence-electron chi connectivity index (χ1n) is 14.7. The molecule has 1 N–H and O–H groups in total. The van der Waals surface area contributed by atoms with Crippen LogP contribution in [0.3, 0.4) is 0 Å². The third-order valence-electron chi connectivity index (χ3n) is 8.40. The Labute approximate surface area is 263 Å². The molecule has 3 aromatic carbocycles. The number of amides is 1. The highest BCUT2D eigenvalue weighted by Crippen LogP contribution is 2.46. The van der Waals surface area contributed by atoms with Crippen molar-refractivity contribution in [3.8, 4) is 0 Å². The summed E-state index contributed by atoms with van der Waals surface area (Å²) in [5, 5.41) is 9.50. The standard InChI is InChI=1S/C34H34F6N2O4/c1-24(26-18-28(33(35,36)37)20-29(19-26)34(38,39)40)46-23-32(27-12-7-4-8-13-27)16-15-31(41-2,14-9-17-43)22-42(32)30(44)45-21-25-10-5-3-6-11-25/h3-8,10-13,18-20,24,43H,9,14-17,21-23H2,1H3/t24-,31?,32-/m1/s1. The summed E-state index contributed by atoms with van der Waals surface area (Å²) in [6.07, 6.45) is -11.0. The maximum Gasteiger partial charge on any atom is 0.416 e. The molecule has 4 rings (SSSR count). The van der Waals surface area contributed by atoms with Crippen LogP contribution in [0.5, 0.6) is 0 Å². The first kappa shape index (κ1) is 34.8. The van der Waals surface area contributed by atoms with Crippen LogP contribution in [0.25, 0.3) is 4.85 Å². The van der Waals surface area contributed by atoms with Gasteiger partial charge in [-0.25, -0.2) is 11.4 Å². The number of benzene rings is 3. The van der Waals surface area contributed by atoms with Gasteiger partial charge in [-0.05, 0) is 54.7 Å². The SMILES string of the molecule is [C-]#[N+]C1(CCCO)CC[C@@](CO[C@H](C)c2cc(C(F)(F)F)cc(C(F)(F)F)c2)(c2ccccc2)N(C(=O)OCc2ccccc2)C1. The molecule has 0 bridgehead atoms. The van der Waals surface area contributed by atoms with Crippen molar-refractivity contribution in [2.24, 2.45) is 0 Å². The number of alkyl halides is 6. The van der Waals surface area contributed by atoms with Crippen LogP contribution in [0.2, 0.25) is 0 Å². The molecule has 0 saturated carbocycles. The monoisotopic (exact) mass is 648 g/mol. The van der Waals surface area contributed by atoms with E-state index in [1.165, 1.54) is 11.8 Å². The Kier molecular flexibility index (Phi) is 10.7. The second kappa shape index (κ2) is 14.1. The Morgan fingerprint density at radius 2 is 1.54 bits per heavy atom. The van der Waals surface area contributed by atoms with Gasteiger partial charge in [0, 0.05) is 19.4 Å². The summed E-state index contributed by atoms with van der Waals surface area (Å²) >= 11 is 0. The van der Waals surface area contributed by atoms with Gasteiger partial charge in [-0.3, -0.25) is 4.90 Å². The number of hydrogen-bond acceptors (Lipinski definition) is 4. The lowest BCUT2D eigenvalue weighted by atomic mass is 9.73. The fourth-order valence-electron chi connectivity index (χ4n) is 5.75. The van der Waals surface area contributed by atoms with Crippen LogP contribution in [0.4, 0.5) is 31.1 Å². The van der Waals surface area contributed by atoms with Crippen LogP contribution in [-0.4, -0.2) is 41.4 Å². The fraction of sp³-hybridized carbons (Fsp3) is 0.412. The zero-order valence-electron chi connectivity index (χ0n) is 25.1. The van der Waals surface area contributed by atoms with E-state index in [1.807, 2.05) is 6.07 Å². The molecule has 0 aromatic heterocycles. The molecule has 0 spiro atoms. The Hall–Kier alpha value is -4.08. The molecule has 1 amide bonds. The van der Waals surface area contributed by atoms with Crippen molar-refractivity contribution < 1.29 is 45.7 Å². The first-order chi connectivity index (χ1) is 21.7. The molecular weight excluding hydrogens is 614 g/mol. The predicted octanol–water partition coefficient (Wildman–Crippen LogP) is 8.56. The summed E-state index contributed by atoms with van der Waals surface area (Å²) < 4.78 is 93.3. The minimum Gasteiger partial charge on any atom is -0.445 e. The second-order valence-electron chi connectivity index (χ2n) is 11.5. The zero-order valence-corrected chi connectivity index (χ0v) is 25.1. The van der Waals surface area contributed by atoms with E-state index in [-0.39, 0.29) is 50.8 Å². The van der Waals surface area contributed by atoms with Crippen molar-refractivity contribution in [3.05, 3.63) is 118 Å². The highest BCUT2D eigenvalue weighted by Gasteiger charge is 2.55. The number of carbonyl (C=O) groups excluding carboxylic acids is 1. The van der Waals surface area contributed by atoms with Crippen molar-refractivity contribution >= 4 is 6.09 Å². The first-order valence-corrected chi connectivity index (χ1v) is 14.7. The average Bonchev–Trinajstić information content (AvgIpc) is 3.05. The normalized spacial score (nSPS) is 21.0. The number of hydrogen-bond donors (Lipinski definition) is 1. The summed E-state index contributed by atoms with van der Waals surface area (Å²) in [4.78, 5) is 19.2. The van der Waals surface area contributed by atoms with Gasteiger partial charge in [0.2, 0.25) is 5.54 Å². The van der Waals surface area contributed by atoms with Crippen LogP contribution in [0.15, 0.2) is 78.9 Å². The highest BCUT2D eigenvalue weighted by molar-refractivity contribution is 5.70. The molecule has 3 aromatic rings. The number of likely N-dealkylation sites (tertiary alicyclic amines) is 1. The fourth-order valence-corrected chi connectivity index (χ4v) is 5.75. The van der Waals surface area contributed by atoms with E-state index in [0.29, 0.717) is 36.1 Å². The van der Waals surface area contributed by atoms with Crippen molar-refractivity contribution in [3.63, 3.8) is 0 Å². The summed E-state index contributed by atoms with van der Waals surface area (Å²) in [5.74, 6) is 0. The third kappa shape index (κ3) is 8.00. The molecule has 1 heterocycles. The van der Waals surface area contributed by atoms with Crippen molar-refractivity contribution in [2.75, 3.05) is 19.8 Å². The molecule has 1 fully saturated rings. The molecule has 3 atom stereocenters. The number of aliphatic hydroxyl groups is 1. The average molecular weight is 649 g/mol. The van der Waals surface area contributed by atoms with Gasteiger partial charge in [0.1, 0.15) is 13.2 Å². The van der Waals surface area contributed by atoms with E-state index >= 15 is 0 Å². The van der Waals surface area contributed by atoms with Crippen molar-refractivity contribution in [1.29, 1.82) is 0 Å². The Bertz CT molecular complexity index is 1480. The number of aliphatic hydroxyl groups excluding tert-OH is 1. The largest absolute Gasteiger partial charge is 0.445 e. The highest BCUT2D eigenvalue weighted by atomic mass is 19.4. The van der Waals surface area contributed by atoms with E-state index in [4.69, 9.17) is 16.0 Å². The minimum atomic E-state index is -5.03. The zero-order chi connectivity index (χ0) is 33.6. The molecule has 1 saturated heterocycles. The van der Waals surface area contributed by atoms with Gasteiger partial charge < -0.3 is 19.4 Å². The predicted molar refractivity (Wildman–Crippen MR) is 157 cm³/mol. The summed E-state index contributed by atoms with van der Waals surface area (Å²) in [7, 11) is 0. The molecule has 1 aliphatic rings. The third-order valence-corrected chi connectivity index (χ3v) is 8.40. The lowest BCUT2D eigenvalue weighted by molar-refractivity contribution is -0.143. The number of rotatable bonds is 10. The van der Waals surface area contributed by atoms with Gasteiger partial charge in [-0.15, -0.1) is 0 Å². The van der Waals surface area contributed by atoms with Gasteiger partial charge in [0.15, 0.2) is 0 Å². The van der Waals surface area contributed by atoms with E-state index in [0.717, 1.165) is 0 Å². The van der Waals surface area contributed by atoms with Gasteiger partial charge >= 0.3 is 18.4 Å². The molecular formula is C34H34F6N2O4. The van der Waals surface area contributed by atoms with Crippen LogP contribution >= 0.6 is 0 Å². The number of nitrogens with zero attached hydrogens (tertiary/aromatic N) is 2. The maximum atomic E-state index is 13.9. The Morgan fingerprint density at radius 3 is 2.09 bits per heavy atom. The topological polar surface area (TPSA) is 63.4 Å². The van der Waals surface area contributed by atoms with Crippen LogP contribution in [-0.2, 0) is 34.0 Å². The molecule has 1 unspecified atom stereocenters. The molecule has 0 aliphatic carbocycles. The minimum absolute atomic E-state index is 0.0591. The van der Waals surface area contributed by atoms with E-state index in [9.17, 15) is 36.2 Å². The van der Waals surface area contributed by atoms with Crippen LogP contribution < -0.4 is 0 Å².